The molecule has 2 rings (SSSR count). The molecule has 124 valence electrons. The summed E-state index contributed by atoms with van der Waals surface area (Å²) in [5, 5.41) is 6.91. The van der Waals surface area contributed by atoms with E-state index < -0.39 is 11.9 Å². The molecule has 23 heavy (non-hydrogen) atoms. The SMILES string of the molecule is CCc1c(C)sc(NC(=O)c2cc(C)on2)c1C(=O)OC(C)C. The molecule has 0 saturated heterocycles. The number of thiophene rings is 1. The van der Waals surface area contributed by atoms with Crippen LogP contribution in [0.25, 0.3) is 0 Å². The zero-order chi connectivity index (χ0) is 17.1. The maximum absolute atomic E-state index is 12.4. The van der Waals surface area contributed by atoms with Crippen molar-refractivity contribution < 1.29 is 18.8 Å². The second-order valence-corrected chi connectivity index (χ2v) is 6.65. The van der Waals surface area contributed by atoms with Crippen LogP contribution < -0.4 is 5.32 Å². The fourth-order valence-corrected chi connectivity index (χ4v) is 3.35. The van der Waals surface area contributed by atoms with Gasteiger partial charge in [-0.1, -0.05) is 12.1 Å². The van der Waals surface area contributed by atoms with Crippen molar-refractivity contribution in [3.05, 3.63) is 33.5 Å². The lowest BCUT2D eigenvalue weighted by molar-refractivity contribution is 0.0378. The van der Waals surface area contributed by atoms with Crippen molar-refractivity contribution in [3.63, 3.8) is 0 Å². The zero-order valence-electron chi connectivity index (χ0n) is 13.9. The Labute approximate surface area is 138 Å². The predicted octanol–water partition coefficient (Wildman–Crippen LogP) is 3.73. The van der Waals surface area contributed by atoms with Crippen LogP contribution in [0.5, 0.6) is 0 Å². The maximum Gasteiger partial charge on any atom is 0.341 e. The molecule has 2 aromatic heterocycles. The van der Waals surface area contributed by atoms with Crippen molar-refractivity contribution in [1.82, 2.24) is 5.16 Å². The summed E-state index contributed by atoms with van der Waals surface area (Å²) in [5.74, 6) is -0.289. The van der Waals surface area contributed by atoms with Gasteiger partial charge in [0.1, 0.15) is 10.8 Å². The number of nitrogens with one attached hydrogen (secondary N) is 1. The summed E-state index contributed by atoms with van der Waals surface area (Å²) < 4.78 is 10.2. The second kappa shape index (κ2) is 6.95. The van der Waals surface area contributed by atoms with E-state index in [2.05, 4.69) is 10.5 Å². The van der Waals surface area contributed by atoms with Gasteiger partial charge >= 0.3 is 5.97 Å². The van der Waals surface area contributed by atoms with Crippen LogP contribution in [0.15, 0.2) is 10.6 Å². The summed E-state index contributed by atoms with van der Waals surface area (Å²) in [6.07, 6.45) is 0.457. The number of aryl methyl sites for hydroxylation is 2. The molecule has 2 aromatic rings. The zero-order valence-corrected chi connectivity index (χ0v) is 14.7. The normalized spacial score (nSPS) is 10.9. The molecule has 0 aliphatic heterocycles. The summed E-state index contributed by atoms with van der Waals surface area (Å²) >= 11 is 1.36. The number of nitrogens with zero attached hydrogens (tertiary/aromatic N) is 1. The molecule has 6 nitrogen and oxygen atoms in total. The minimum atomic E-state index is -0.423. The van der Waals surface area contributed by atoms with Crippen LogP contribution in [0.4, 0.5) is 5.00 Å². The molecule has 0 aromatic carbocycles. The Hall–Kier alpha value is -2.15. The molecule has 0 saturated carbocycles. The van der Waals surface area contributed by atoms with Gasteiger partial charge in [0.05, 0.1) is 11.7 Å². The summed E-state index contributed by atoms with van der Waals surface area (Å²) in [5.41, 5.74) is 1.50. The van der Waals surface area contributed by atoms with Crippen LogP contribution in [0.3, 0.4) is 0 Å². The van der Waals surface area contributed by atoms with Gasteiger partial charge in [0, 0.05) is 10.9 Å². The third-order valence-corrected chi connectivity index (χ3v) is 4.26. The Morgan fingerprint density at radius 2 is 2.09 bits per heavy atom. The van der Waals surface area contributed by atoms with Gasteiger partial charge in [0.25, 0.3) is 5.91 Å². The Morgan fingerprint density at radius 3 is 2.61 bits per heavy atom. The summed E-state index contributed by atoms with van der Waals surface area (Å²) in [6.45, 7) is 9.18. The molecular formula is C16H20N2O4S. The van der Waals surface area contributed by atoms with Gasteiger partial charge in [-0.25, -0.2) is 4.79 Å². The highest BCUT2D eigenvalue weighted by Crippen LogP contribution is 2.34. The Morgan fingerprint density at radius 1 is 1.39 bits per heavy atom. The van der Waals surface area contributed by atoms with Crippen molar-refractivity contribution in [2.75, 3.05) is 5.32 Å². The van der Waals surface area contributed by atoms with E-state index in [1.54, 1.807) is 26.8 Å². The number of aromatic nitrogens is 1. The molecule has 0 aliphatic rings. The first-order valence-electron chi connectivity index (χ1n) is 7.41. The van der Waals surface area contributed by atoms with Gasteiger partial charge < -0.3 is 14.6 Å². The quantitative estimate of drug-likeness (QED) is 0.841. The van der Waals surface area contributed by atoms with E-state index in [1.165, 1.54) is 11.3 Å². The van der Waals surface area contributed by atoms with Crippen LogP contribution in [0.2, 0.25) is 0 Å². The molecular weight excluding hydrogens is 316 g/mol. The lowest BCUT2D eigenvalue weighted by Crippen LogP contribution is -2.17. The first kappa shape index (κ1) is 17.2. The van der Waals surface area contributed by atoms with Gasteiger partial charge in [-0.3, -0.25) is 4.79 Å². The topological polar surface area (TPSA) is 81.4 Å². The number of carbonyl (C=O) groups is 2. The minimum Gasteiger partial charge on any atom is -0.459 e. The van der Waals surface area contributed by atoms with Crippen molar-refractivity contribution in [3.8, 4) is 0 Å². The highest BCUT2D eigenvalue weighted by Gasteiger charge is 2.25. The fraction of sp³-hybridized carbons (Fsp3) is 0.438. The Balaban J connectivity index is 2.34. The molecule has 0 bridgehead atoms. The van der Waals surface area contributed by atoms with Gasteiger partial charge in [0.15, 0.2) is 5.69 Å². The average Bonchev–Trinajstić information content (AvgIpc) is 3.01. The number of carbonyl (C=O) groups excluding carboxylic acids is 2. The van der Waals surface area contributed by atoms with Gasteiger partial charge in [-0.05, 0) is 39.7 Å². The molecule has 0 radical (unpaired) electrons. The molecule has 7 heteroatoms. The first-order valence-corrected chi connectivity index (χ1v) is 8.23. The van der Waals surface area contributed by atoms with Crippen molar-refractivity contribution in [2.24, 2.45) is 0 Å². The molecule has 0 spiro atoms. The van der Waals surface area contributed by atoms with E-state index in [0.29, 0.717) is 22.7 Å². The summed E-state index contributed by atoms with van der Waals surface area (Å²) in [4.78, 5) is 25.6. The smallest absolute Gasteiger partial charge is 0.341 e. The lowest BCUT2D eigenvalue weighted by atomic mass is 10.1. The largest absolute Gasteiger partial charge is 0.459 e. The van der Waals surface area contributed by atoms with E-state index in [4.69, 9.17) is 9.26 Å². The number of hydrogen-bond donors (Lipinski definition) is 1. The van der Waals surface area contributed by atoms with Crippen LogP contribution in [0, 0.1) is 13.8 Å². The number of esters is 1. The van der Waals surface area contributed by atoms with Crippen molar-refractivity contribution in [1.29, 1.82) is 0 Å². The maximum atomic E-state index is 12.4. The van der Waals surface area contributed by atoms with Crippen LogP contribution in [0.1, 0.15) is 57.8 Å². The standard InChI is InChI=1S/C16H20N2O4S/c1-6-11-10(5)23-15(13(11)16(20)21-8(2)3)17-14(19)12-7-9(4)22-18-12/h7-8H,6H2,1-5H3,(H,17,19). The van der Waals surface area contributed by atoms with E-state index in [9.17, 15) is 9.59 Å². The van der Waals surface area contributed by atoms with Crippen molar-refractivity contribution >= 4 is 28.2 Å². The first-order chi connectivity index (χ1) is 10.8. The van der Waals surface area contributed by atoms with Crippen LogP contribution in [-0.4, -0.2) is 23.1 Å². The molecule has 0 atom stereocenters. The molecule has 1 N–H and O–H groups in total. The number of rotatable bonds is 5. The number of anilines is 1. The summed E-state index contributed by atoms with van der Waals surface area (Å²) in [7, 11) is 0. The van der Waals surface area contributed by atoms with Crippen LogP contribution in [-0.2, 0) is 11.2 Å². The van der Waals surface area contributed by atoms with E-state index >= 15 is 0 Å². The lowest BCUT2D eigenvalue weighted by Gasteiger charge is -2.10. The molecule has 1 amide bonds. The number of ether oxygens (including phenoxy) is 1. The van der Waals surface area contributed by atoms with Crippen LogP contribution >= 0.6 is 11.3 Å². The van der Waals surface area contributed by atoms with E-state index in [-0.39, 0.29) is 11.8 Å². The monoisotopic (exact) mass is 336 g/mol. The Bertz CT molecular complexity index is 731. The summed E-state index contributed by atoms with van der Waals surface area (Å²) in [6, 6.07) is 1.54. The average molecular weight is 336 g/mol. The van der Waals surface area contributed by atoms with E-state index in [1.807, 2.05) is 13.8 Å². The molecule has 0 aliphatic carbocycles. The van der Waals surface area contributed by atoms with Crippen molar-refractivity contribution in [2.45, 2.75) is 47.1 Å². The number of amides is 1. The van der Waals surface area contributed by atoms with Gasteiger partial charge in [0.2, 0.25) is 0 Å². The highest BCUT2D eigenvalue weighted by atomic mass is 32.1. The Kier molecular flexibility index (Phi) is 5.20. The third-order valence-electron chi connectivity index (χ3n) is 3.20. The molecule has 0 fully saturated rings. The fourth-order valence-electron chi connectivity index (χ4n) is 2.22. The highest BCUT2D eigenvalue weighted by molar-refractivity contribution is 7.16. The van der Waals surface area contributed by atoms with Gasteiger partial charge in [-0.15, -0.1) is 11.3 Å². The number of hydrogen-bond acceptors (Lipinski definition) is 6. The molecule has 2 heterocycles. The predicted molar refractivity (Wildman–Crippen MR) is 88.2 cm³/mol. The third kappa shape index (κ3) is 3.79. The van der Waals surface area contributed by atoms with E-state index in [0.717, 1.165) is 10.4 Å². The van der Waals surface area contributed by atoms with Gasteiger partial charge in [-0.2, -0.15) is 0 Å². The molecule has 0 unspecified atom stereocenters. The second-order valence-electron chi connectivity index (χ2n) is 5.43. The minimum absolute atomic E-state index is 0.176.